The van der Waals surface area contributed by atoms with Crippen LogP contribution in [0.25, 0.3) is 16.6 Å². The van der Waals surface area contributed by atoms with Crippen molar-refractivity contribution in [3.8, 4) is 11.8 Å². The van der Waals surface area contributed by atoms with Gasteiger partial charge >= 0.3 is 5.97 Å². The number of carbonyl (C=O) groups excluding carboxylic acids is 2. The van der Waals surface area contributed by atoms with Crippen molar-refractivity contribution in [2.75, 3.05) is 5.32 Å². The molecular weight excluding hydrogens is 446 g/mol. The monoisotopic (exact) mass is 469 g/mol. The molecular formula is C26H23N5O4. The lowest BCUT2D eigenvalue weighted by molar-refractivity contribution is -0.137. The van der Waals surface area contributed by atoms with Crippen LogP contribution in [0.3, 0.4) is 0 Å². The predicted molar refractivity (Wildman–Crippen MR) is 130 cm³/mol. The van der Waals surface area contributed by atoms with Crippen LogP contribution in [0.5, 0.6) is 0 Å². The minimum atomic E-state index is -1.04. The maximum Gasteiger partial charge on any atom is 0.323 e. The van der Waals surface area contributed by atoms with E-state index in [9.17, 15) is 24.8 Å². The zero-order valence-corrected chi connectivity index (χ0v) is 19.3. The first kappa shape index (κ1) is 23.4. The summed E-state index contributed by atoms with van der Waals surface area (Å²) in [4.78, 5) is 36.6. The second-order valence-corrected chi connectivity index (χ2v) is 8.14. The Kier molecular flexibility index (Phi) is 6.46. The molecule has 35 heavy (non-hydrogen) atoms. The van der Waals surface area contributed by atoms with Gasteiger partial charge in [0.15, 0.2) is 5.78 Å². The summed E-state index contributed by atoms with van der Waals surface area (Å²) in [6.07, 6.45) is 4.29. The number of aromatic nitrogens is 3. The molecule has 0 fully saturated rings. The number of carbonyl (C=O) groups is 3. The van der Waals surface area contributed by atoms with E-state index in [1.54, 1.807) is 53.3 Å². The molecule has 0 aliphatic carbocycles. The van der Waals surface area contributed by atoms with Crippen LogP contribution in [-0.2, 0) is 11.3 Å². The van der Waals surface area contributed by atoms with Gasteiger partial charge in [0.2, 0.25) is 0 Å². The second-order valence-electron chi connectivity index (χ2n) is 8.14. The Bertz CT molecular complexity index is 1490. The van der Waals surface area contributed by atoms with E-state index in [-0.39, 0.29) is 17.9 Å². The predicted octanol–water partition coefficient (Wildman–Crippen LogP) is 4.33. The molecule has 0 saturated heterocycles. The van der Waals surface area contributed by atoms with Crippen molar-refractivity contribution < 1.29 is 19.5 Å². The Labute approximate surface area is 201 Å². The van der Waals surface area contributed by atoms with Crippen LogP contribution < -0.4 is 5.32 Å². The summed E-state index contributed by atoms with van der Waals surface area (Å²) in [5.74, 6) is -1.41. The molecule has 0 aliphatic heterocycles. The first-order valence-electron chi connectivity index (χ1n) is 11.1. The average molecular weight is 470 g/mol. The van der Waals surface area contributed by atoms with Crippen molar-refractivity contribution in [3.05, 3.63) is 77.2 Å². The van der Waals surface area contributed by atoms with Gasteiger partial charge < -0.3 is 15.0 Å². The molecule has 9 heteroatoms. The van der Waals surface area contributed by atoms with Gasteiger partial charge in [0.05, 0.1) is 40.3 Å². The fourth-order valence-electron chi connectivity index (χ4n) is 4.01. The van der Waals surface area contributed by atoms with E-state index < -0.39 is 11.9 Å². The number of hydrogen-bond donors (Lipinski definition) is 2. The van der Waals surface area contributed by atoms with E-state index >= 15 is 0 Å². The van der Waals surface area contributed by atoms with Gasteiger partial charge in [-0.3, -0.25) is 14.4 Å². The van der Waals surface area contributed by atoms with Crippen LogP contribution in [0, 0.1) is 18.3 Å². The van der Waals surface area contributed by atoms with Crippen LogP contribution in [0.2, 0.25) is 0 Å². The summed E-state index contributed by atoms with van der Waals surface area (Å²) < 4.78 is 3.15. The van der Waals surface area contributed by atoms with E-state index in [1.807, 2.05) is 19.9 Å². The standard InChI is InChI=1S/C26H23N5O4/c1-3-4-24(32)21-13-28-31(16(21)2)19-8-6-18(7-9-19)29-26(35)22-14-30(15-25(33)34)23-10-5-17(12-27)11-20(22)23/h5-11,13-14H,3-4,15H2,1-2H3,(H,29,35)(H,33,34). The van der Waals surface area contributed by atoms with Gasteiger partial charge in [0, 0.05) is 29.2 Å². The summed E-state index contributed by atoms with van der Waals surface area (Å²) >= 11 is 0. The second kappa shape index (κ2) is 9.65. The minimum Gasteiger partial charge on any atom is -0.480 e. The molecule has 0 spiro atoms. The number of nitrogens with zero attached hydrogens (tertiary/aromatic N) is 4. The third kappa shape index (κ3) is 4.68. The molecule has 2 aromatic heterocycles. The van der Waals surface area contributed by atoms with Gasteiger partial charge in [-0.25, -0.2) is 4.68 Å². The number of Topliss-reactive ketones (excluding diaryl/α,β-unsaturated/α-hetero) is 1. The number of aliphatic carboxylic acids is 1. The molecule has 0 aliphatic rings. The summed E-state index contributed by atoms with van der Waals surface area (Å²) in [5.41, 5.74) is 3.81. The lowest BCUT2D eigenvalue weighted by Crippen LogP contribution is -2.12. The van der Waals surface area contributed by atoms with E-state index in [0.29, 0.717) is 34.1 Å². The molecule has 0 unspecified atom stereocenters. The van der Waals surface area contributed by atoms with Crippen molar-refractivity contribution in [3.63, 3.8) is 0 Å². The molecule has 176 valence electrons. The topological polar surface area (TPSA) is 130 Å². The number of nitriles is 1. The van der Waals surface area contributed by atoms with Crippen molar-refractivity contribution in [1.29, 1.82) is 5.26 Å². The van der Waals surface area contributed by atoms with E-state index in [1.165, 1.54) is 10.8 Å². The lowest BCUT2D eigenvalue weighted by Gasteiger charge is -2.08. The van der Waals surface area contributed by atoms with Crippen molar-refractivity contribution in [1.82, 2.24) is 14.3 Å². The molecule has 0 bridgehead atoms. The molecule has 0 atom stereocenters. The number of hydrogen-bond acceptors (Lipinski definition) is 5. The Hall–Kier alpha value is -4.71. The highest BCUT2D eigenvalue weighted by molar-refractivity contribution is 6.13. The Balaban J connectivity index is 1.59. The maximum absolute atomic E-state index is 13.1. The first-order chi connectivity index (χ1) is 16.8. The van der Waals surface area contributed by atoms with Gasteiger partial charge in [0.1, 0.15) is 6.54 Å². The zero-order valence-electron chi connectivity index (χ0n) is 19.3. The van der Waals surface area contributed by atoms with Gasteiger partial charge in [-0.2, -0.15) is 10.4 Å². The number of anilines is 1. The number of carboxylic acids is 1. The number of rotatable bonds is 8. The summed E-state index contributed by atoms with van der Waals surface area (Å²) in [7, 11) is 0. The number of nitrogens with one attached hydrogen (secondary N) is 1. The molecule has 2 heterocycles. The molecule has 9 nitrogen and oxygen atoms in total. The van der Waals surface area contributed by atoms with E-state index in [0.717, 1.165) is 17.8 Å². The van der Waals surface area contributed by atoms with Crippen LogP contribution >= 0.6 is 0 Å². The Morgan fingerprint density at radius 3 is 2.51 bits per heavy atom. The first-order valence-corrected chi connectivity index (χ1v) is 11.1. The maximum atomic E-state index is 13.1. The van der Waals surface area contributed by atoms with Crippen LogP contribution in [0.4, 0.5) is 5.69 Å². The smallest absolute Gasteiger partial charge is 0.323 e. The van der Waals surface area contributed by atoms with Gasteiger partial charge in [-0.05, 0) is 55.8 Å². The third-order valence-corrected chi connectivity index (χ3v) is 5.72. The molecule has 1 amide bonds. The lowest BCUT2D eigenvalue weighted by atomic mass is 10.1. The average Bonchev–Trinajstić information content (AvgIpc) is 3.39. The normalized spacial score (nSPS) is 10.8. The highest BCUT2D eigenvalue weighted by Crippen LogP contribution is 2.25. The number of benzene rings is 2. The van der Waals surface area contributed by atoms with Crippen molar-refractivity contribution >= 4 is 34.3 Å². The molecule has 4 rings (SSSR count). The highest BCUT2D eigenvalue weighted by Gasteiger charge is 2.18. The third-order valence-electron chi connectivity index (χ3n) is 5.72. The fourth-order valence-corrected chi connectivity index (χ4v) is 4.01. The van der Waals surface area contributed by atoms with Gasteiger partial charge in [-0.1, -0.05) is 6.92 Å². The van der Waals surface area contributed by atoms with Crippen LogP contribution in [-0.4, -0.2) is 37.1 Å². The minimum absolute atomic E-state index is 0.0572. The molecule has 0 radical (unpaired) electrons. The SMILES string of the molecule is CCCC(=O)c1cnn(-c2ccc(NC(=O)c3cn(CC(=O)O)c4ccc(C#N)cc34)cc2)c1C. The number of amides is 1. The van der Waals surface area contributed by atoms with Crippen molar-refractivity contribution in [2.24, 2.45) is 0 Å². The highest BCUT2D eigenvalue weighted by atomic mass is 16.4. The molecule has 4 aromatic rings. The Morgan fingerprint density at radius 1 is 1.11 bits per heavy atom. The van der Waals surface area contributed by atoms with Crippen LogP contribution in [0.1, 0.15) is 51.7 Å². The number of carboxylic acid groups (broad SMARTS) is 1. The van der Waals surface area contributed by atoms with Crippen molar-refractivity contribution in [2.45, 2.75) is 33.2 Å². The zero-order chi connectivity index (χ0) is 25.1. The number of fused-ring (bicyclic) bond motifs is 1. The summed E-state index contributed by atoms with van der Waals surface area (Å²) in [5, 5.41) is 26.1. The molecule has 2 aromatic carbocycles. The molecule has 0 saturated carbocycles. The Morgan fingerprint density at radius 2 is 1.86 bits per heavy atom. The number of ketones is 1. The van der Waals surface area contributed by atoms with E-state index in [4.69, 9.17) is 0 Å². The quantitative estimate of drug-likeness (QED) is 0.370. The van der Waals surface area contributed by atoms with Gasteiger partial charge in [-0.15, -0.1) is 0 Å². The van der Waals surface area contributed by atoms with Gasteiger partial charge in [0.25, 0.3) is 5.91 Å². The van der Waals surface area contributed by atoms with Crippen LogP contribution in [0.15, 0.2) is 54.9 Å². The molecule has 2 N–H and O–H groups in total. The fraction of sp³-hybridized carbons (Fsp3) is 0.192. The summed E-state index contributed by atoms with van der Waals surface area (Å²) in [6.45, 7) is 3.49. The summed E-state index contributed by atoms with van der Waals surface area (Å²) in [6, 6.07) is 13.8. The largest absolute Gasteiger partial charge is 0.480 e. The van der Waals surface area contributed by atoms with E-state index in [2.05, 4.69) is 10.4 Å².